The molecule has 1 aliphatic heterocycles. The minimum atomic E-state index is -0.770. The molecule has 3 rings (SSSR count). The van der Waals surface area contributed by atoms with E-state index in [4.69, 9.17) is 0 Å². The molecule has 0 radical (unpaired) electrons. The van der Waals surface area contributed by atoms with Gasteiger partial charge in [0.2, 0.25) is 5.91 Å². The number of rotatable bonds is 6. The van der Waals surface area contributed by atoms with Crippen molar-refractivity contribution in [3.8, 4) is 0 Å². The van der Waals surface area contributed by atoms with E-state index in [1.807, 2.05) is 6.07 Å². The van der Waals surface area contributed by atoms with Crippen LogP contribution in [0.1, 0.15) is 63.0 Å². The molecule has 4 nitrogen and oxygen atoms in total. The van der Waals surface area contributed by atoms with Crippen LogP contribution in [0, 0.1) is 5.92 Å². The zero-order valence-corrected chi connectivity index (χ0v) is 15.5. The van der Waals surface area contributed by atoms with Crippen molar-refractivity contribution in [3.63, 3.8) is 0 Å². The fourth-order valence-electron chi connectivity index (χ4n) is 4.11. The monoisotopic (exact) mass is 344 g/mol. The maximum Gasteiger partial charge on any atom is 0.223 e. The van der Waals surface area contributed by atoms with Gasteiger partial charge < -0.3 is 10.4 Å². The van der Waals surface area contributed by atoms with E-state index in [0.29, 0.717) is 6.54 Å². The van der Waals surface area contributed by atoms with E-state index >= 15 is 0 Å². The Kier molecular flexibility index (Phi) is 6.13. The summed E-state index contributed by atoms with van der Waals surface area (Å²) in [6.07, 6.45) is 6.35. The third-order valence-electron chi connectivity index (χ3n) is 5.89. The number of aliphatic hydroxyl groups is 1. The molecule has 1 amide bonds. The smallest absolute Gasteiger partial charge is 0.223 e. The highest BCUT2D eigenvalue weighted by molar-refractivity contribution is 5.77. The molecule has 0 atom stereocenters. The van der Waals surface area contributed by atoms with Gasteiger partial charge in [0.15, 0.2) is 0 Å². The van der Waals surface area contributed by atoms with E-state index in [1.54, 1.807) is 0 Å². The lowest BCUT2D eigenvalue weighted by Crippen LogP contribution is -2.35. The standard InChI is InChI=1S/C21H32N2O2/c1-17-8-12-23(13-9-17)16-19-7-3-2-6-18(19)15-22-20(24)14-21(25)10-4-5-11-21/h2-3,6-7,17,25H,4-5,8-16H2,1H3,(H,22,24). The molecule has 0 unspecified atom stereocenters. The van der Waals surface area contributed by atoms with Crippen molar-refractivity contribution >= 4 is 5.91 Å². The Balaban J connectivity index is 1.53. The van der Waals surface area contributed by atoms with E-state index in [0.717, 1.165) is 51.2 Å². The summed E-state index contributed by atoms with van der Waals surface area (Å²) in [4.78, 5) is 14.7. The van der Waals surface area contributed by atoms with Crippen LogP contribution in [-0.2, 0) is 17.9 Å². The number of nitrogens with zero attached hydrogens (tertiary/aromatic N) is 1. The van der Waals surface area contributed by atoms with Gasteiger partial charge in [-0.2, -0.15) is 0 Å². The van der Waals surface area contributed by atoms with E-state index < -0.39 is 5.60 Å². The van der Waals surface area contributed by atoms with E-state index in [2.05, 4.69) is 35.3 Å². The Morgan fingerprint density at radius 3 is 2.52 bits per heavy atom. The highest BCUT2D eigenvalue weighted by Gasteiger charge is 2.33. The molecule has 1 aromatic rings. The van der Waals surface area contributed by atoms with Crippen molar-refractivity contribution in [1.29, 1.82) is 0 Å². The first kappa shape index (κ1) is 18.4. The van der Waals surface area contributed by atoms with Crippen LogP contribution < -0.4 is 5.32 Å². The van der Waals surface area contributed by atoms with Gasteiger partial charge in [-0.15, -0.1) is 0 Å². The maximum absolute atomic E-state index is 12.2. The first-order valence-electron chi connectivity index (χ1n) is 9.82. The molecule has 2 fully saturated rings. The number of benzene rings is 1. The molecule has 0 spiro atoms. The Labute approximate surface area is 151 Å². The minimum Gasteiger partial charge on any atom is -0.389 e. The van der Waals surface area contributed by atoms with Crippen molar-refractivity contribution in [2.45, 2.75) is 70.6 Å². The van der Waals surface area contributed by atoms with Gasteiger partial charge in [-0.3, -0.25) is 9.69 Å². The topological polar surface area (TPSA) is 52.6 Å². The molecule has 1 aromatic carbocycles. The summed E-state index contributed by atoms with van der Waals surface area (Å²) in [7, 11) is 0. The number of carbonyl (C=O) groups excluding carboxylic acids is 1. The number of nitrogens with one attached hydrogen (secondary N) is 1. The highest BCUT2D eigenvalue weighted by Crippen LogP contribution is 2.32. The second-order valence-electron chi connectivity index (χ2n) is 8.11. The number of piperidine rings is 1. The third-order valence-corrected chi connectivity index (χ3v) is 5.89. The zero-order chi connectivity index (χ0) is 17.7. The summed E-state index contributed by atoms with van der Waals surface area (Å²) < 4.78 is 0. The largest absolute Gasteiger partial charge is 0.389 e. The quantitative estimate of drug-likeness (QED) is 0.833. The summed E-state index contributed by atoms with van der Waals surface area (Å²) in [5.74, 6) is 0.804. The molecule has 0 aromatic heterocycles. The summed E-state index contributed by atoms with van der Waals surface area (Å²) in [5.41, 5.74) is 1.72. The van der Waals surface area contributed by atoms with Crippen molar-refractivity contribution in [1.82, 2.24) is 10.2 Å². The Morgan fingerprint density at radius 1 is 1.20 bits per heavy atom. The molecule has 25 heavy (non-hydrogen) atoms. The Hall–Kier alpha value is -1.39. The lowest BCUT2D eigenvalue weighted by molar-refractivity contribution is -0.126. The van der Waals surface area contributed by atoms with Crippen molar-refractivity contribution in [3.05, 3.63) is 35.4 Å². The predicted octanol–water partition coefficient (Wildman–Crippen LogP) is 3.23. The molecule has 1 saturated carbocycles. The van der Waals surface area contributed by atoms with Crippen LogP contribution in [0.15, 0.2) is 24.3 Å². The number of amides is 1. The molecule has 2 aliphatic rings. The van der Waals surface area contributed by atoms with E-state index in [-0.39, 0.29) is 12.3 Å². The molecule has 1 aliphatic carbocycles. The molecule has 4 heteroatoms. The van der Waals surface area contributed by atoms with Crippen LogP contribution in [0.3, 0.4) is 0 Å². The molecular formula is C21H32N2O2. The van der Waals surface area contributed by atoms with Gasteiger partial charge in [-0.1, -0.05) is 44.0 Å². The van der Waals surface area contributed by atoms with Gasteiger partial charge in [0.25, 0.3) is 0 Å². The second kappa shape index (κ2) is 8.33. The van der Waals surface area contributed by atoms with Gasteiger partial charge in [-0.25, -0.2) is 0 Å². The Morgan fingerprint density at radius 2 is 1.84 bits per heavy atom. The lowest BCUT2D eigenvalue weighted by Gasteiger charge is -2.30. The van der Waals surface area contributed by atoms with Crippen LogP contribution in [0.25, 0.3) is 0 Å². The molecule has 1 heterocycles. The fourth-order valence-corrected chi connectivity index (χ4v) is 4.11. The predicted molar refractivity (Wildman–Crippen MR) is 100.0 cm³/mol. The van der Waals surface area contributed by atoms with E-state index in [9.17, 15) is 9.90 Å². The molecular weight excluding hydrogens is 312 g/mol. The van der Waals surface area contributed by atoms with Crippen LogP contribution in [0.5, 0.6) is 0 Å². The summed E-state index contributed by atoms with van der Waals surface area (Å²) in [6.45, 7) is 6.17. The average molecular weight is 344 g/mol. The van der Waals surface area contributed by atoms with Crippen LogP contribution in [-0.4, -0.2) is 34.6 Å². The van der Waals surface area contributed by atoms with Crippen LogP contribution >= 0.6 is 0 Å². The molecule has 138 valence electrons. The number of carbonyl (C=O) groups is 1. The van der Waals surface area contributed by atoms with Gasteiger partial charge in [-0.05, 0) is 55.8 Å². The first-order chi connectivity index (χ1) is 12.0. The summed E-state index contributed by atoms with van der Waals surface area (Å²) >= 11 is 0. The van der Waals surface area contributed by atoms with Gasteiger partial charge in [0.1, 0.15) is 0 Å². The maximum atomic E-state index is 12.2. The van der Waals surface area contributed by atoms with Crippen LogP contribution in [0.2, 0.25) is 0 Å². The van der Waals surface area contributed by atoms with Crippen molar-refractivity contribution in [2.75, 3.05) is 13.1 Å². The third kappa shape index (κ3) is 5.29. The summed E-state index contributed by atoms with van der Waals surface area (Å²) in [5, 5.41) is 13.4. The van der Waals surface area contributed by atoms with Gasteiger partial charge in [0.05, 0.1) is 12.0 Å². The highest BCUT2D eigenvalue weighted by atomic mass is 16.3. The first-order valence-corrected chi connectivity index (χ1v) is 9.82. The molecule has 1 saturated heterocycles. The minimum absolute atomic E-state index is 0.0361. The van der Waals surface area contributed by atoms with Crippen molar-refractivity contribution < 1.29 is 9.90 Å². The normalized spacial score (nSPS) is 21.4. The van der Waals surface area contributed by atoms with Gasteiger partial charge >= 0.3 is 0 Å². The average Bonchev–Trinajstić information content (AvgIpc) is 3.02. The van der Waals surface area contributed by atoms with Gasteiger partial charge in [0, 0.05) is 13.1 Å². The molecule has 2 N–H and O–H groups in total. The Bertz CT molecular complexity index is 573. The zero-order valence-electron chi connectivity index (χ0n) is 15.5. The number of hydrogen-bond acceptors (Lipinski definition) is 3. The number of hydrogen-bond donors (Lipinski definition) is 2. The lowest BCUT2D eigenvalue weighted by atomic mass is 9.97. The van der Waals surface area contributed by atoms with Crippen molar-refractivity contribution in [2.24, 2.45) is 5.92 Å². The van der Waals surface area contributed by atoms with Crippen LogP contribution in [0.4, 0.5) is 0 Å². The SMILES string of the molecule is CC1CCN(Cc2ccccc2CNC(=O)CC2(O)CCCC2)CC1. The summed E-state index contributed by atoms with van der Waals surface area (Å²) in [6, 6.07) is 8.39. The van der Waals surface area contributed by atoms with E-state index in [1.165, 1.54) is 24.0 Å². The number of likely N-dealkylation sites (tertiary alicyclic amines) is 1. The second-order valence-corrected chi connectivity index (χ2v) is 8.11. The fraction of sp³-hybridized carbons (Fsp3) is 0.667. The molecule has 0 bridgehead atoms.